The van der Waals surface area contributed by atoms with Gasteiger partial charge in [-0.2, -0.15) is 0 Å². The smallest absolute Gasteiger partial charge is 0.226 e. The standard InChI is InChI=1S/C21H16N2O/c22-19-12-10-18(11-13-19)21-23-14-20(24-21)17-8-6-16(7-9-17)15-4-2-1-3-5-15/h1-14H,22H2. The lowest BCUT2D eigenvalue weighted by Gasteiger charge is -2.02. The monoisotopic (exact) mass is 312 g/mol. The first-order chi connectivity index (χ1) is 11.8. The number of nitrogens with two attached hydrogens (primary N) is 1. The summed E-state index contributed by atoms with van der Waals surface area (Å²) in [4.78, 5) is 4.37. The van der Waals surface area contributed by atoms with Gasteiger partial charge in [0.05, 0.1) is 6.20 Å². The Labute approximate surface area is 140 Å². The summed E-state index contributed by atoms with van der Waals surface area (Å²) < 4.78 is 5.89. The highest BCUT2D eigenvalue weighted by Crippen LogP contribution is 2.28. The average molecular weight is 312 g/mol. The lowest BCUT2D eigenvalue weighted by molar-refractivity contribution is 0.589. The molecule has 0 radical (unpaired) electrons. The minimum Gasteiger partial charge on any atom is -0.436 e. The number of hydrogen-bond acceptors (Lipinski definition) is 3. The Morgan fingerprint density at radius 2 is 1.21 bits per heavy atom. The first-order valence-corrected chi connectivity index (χ1v) is 7.77. The molecule has 0 atom stereocenters. The predicted molar refractivity (Wildman–Crippen MR) is 97.2 cm³/mol. The van der Waals surface area contributed by atoms with E-state index in [0.29, 0.717) is 5.89 Å². The van der Waals surface area contributed by atoms with Crippen LogP contribution >= 0.6 is 0 Å². The van der Waals surface area contributed by atoms with Gasteiger partial charge >= 0.3 is 0 Å². The molecule has 0 spiro atoms. The summed E-state index contributed by atoms with van der Waals surface area (Å²) in [6, 6.07) is 26.1. The van der Waals surface area contributed by atoms with Crippen molar-refractivity contribution in [1.29, 1.82) is 0 Å². The fourth-order valence-corrected chi connectivity index (χ4v) is 2.62. The third-order valence-corrected chi connectivity index (χ3v) is 3.94. The van der Waals surface area contributed by atoms with Crippen molar-refractivity contribution in [3.8, 4) is 33.9 Å². The largest absolute Gasteiger partial charge is 0.436 e. The number of anilines is 1. The van der Waals surface area contributed by atoms with E-state index < -0.39 is 0 Å². The summed E-state index contributed by atoms with van der Waals surface area (Å²) in [6.07, 6.45) is 1.75. The van der Waals surface area contributed by atoms with Crippen LogP contribution in [-0.2, 0) is 0 Å². The maximum Gasteiger partial charge on any atom is 0.226 e. The van der Waals surface area contributed by atoms with Gasteiger partial charge in [0.1, 0.15) is 0 Å². The van der Waals surface area contributed by atoms with Crippen molar-refractivity contribution in [2.24, 2.45) is 0 Å². The van der Waals surface area contributed by atoms with Crippen molar-refractivity contribution in [3.05, 3.63) is 85.1 Å². The van der Waals surface area contributed by atoms with Crippen molar-refractivity contribution >= 4 is 5.69 Å². The van der Waals surface area contributed by atoms with Crippen molar-refractivity contribution in [2.45, 2.75) is 0 Å². The molecule has 0 aliphatic carbocycles. The zero-order valence-corrected chi connectivity index (χ0v) is 13.0. The molecule has 3 nitrogen and oxygen atoms in total. The number of hydrogen-bond donors (Lipinski definition) is 1. The fraction of sp³-hybridized carbons (Fsp3) is 0. The highest BCUT2D eigenvalue weighted by molar-refractivity contribution is 5.69. The normalized spacial score (nSPS) is 10.7. The van der Waals surface area contributed by atoms with Crippen LogP contribution in [0.3, 0.4) is 0 Å². The number of nitrogens with zero attached hydrogens (tertiary/aromatic N) is 1. The Balaban J connectivity index is 1.62. The summed E-state index contributed by atoms with van der Waals surface area (Å²) in [5.41, 5.74) is 10.7. The van der Waals surface area contributed by atoms with Gasteiger partial charge in [0.25, 0.3) is 0 Å². The number of benzene rings is 3. The molecule has 0 bridgehead atoms. The molecule has 3 heteroatoms. The van der Waals surface area contributed by atoms with E-state index in [1.807, 2.05) is 42.5 Å². The lowest BCUT2D eigenvalue weighted by Crippen LogP contribution is -1.83. The van der Waals surface area contributed by atoms with E-state index in [-0.39, 0.29) is 0 Å². The van der Waals surface area contributed by atoms with E-state index >= 15 is 0 Å². The van der Waals surface area contributed by atoms with Crippen LogP contribution < -0.4 is 5.73 Å². The summed E-state index contributed by atoms with van der Waals surface area (Å²) in [6.45, 7) is 0. The molecule has 4 aromatic rings. The third kappa shape index (κ3) is 2.79. The third-order valence-electron chi connectivity index (χ3n) is 3.94. The summed E-state index contributed by atoms with van der Waals surface area (Å²) in [5, 5.41) is 0. The Kier molecular flexibility index (Phi) is 3.60. The first-order valence-electron chi connectivity index (χ1n) is 7.77. The number of nitrogen functional groups attached to an aromatic ring is 1. The van der Waals surface area contributed by atoms with Crippen LogP contribution in [0.5, 0.6) is 0 Å². The van der Waals surface area contributed by atoms with Crippen molar-refractivity contribution in [1.82, 2.24) is 4.98 Å². The van der Waals surface area contributed by atoms with Crippen LogP contribution in [-0.4, -0.2) is 4.98 Å². The minimum atomic E-state index is 0.595. The maximum atomic E-state index is 5.89. The number of rotatable bonds is 3. The molecule has 1 aromatic heterocycles. The molecule has 0 fully saturated rings. The minimum absolute atomic E-state index is 0.595. The zero-order valence-electron chi connectivity index (χ0n) is 13.0. The second-order valence-corrected chi connectivity index (χ2v) is 5.60. The lowest BCUT2D eigenvalue weighted by atomic mass is 10.0. The Bertz CT molecular complexity index is 939. The molecule has 3 aromatic carbocycles. The van der Waals surface area contributed by atoms with Gasteiger partial charge in [-0.3, -0.25) is 0 Å². The summed E-state index contributed by atoms with van der Waals surface area (Å²) in [5.74, 6) is 1.35. The van der Waals surface area contributed by atoms with Gasteiger partial charge in [0.15, 0.2) is 5.76 Å². The van der Waals surface area contributed by atoms with E-state index in [1.165, 1.54) is 11.1 Å². The van der Waals surface area contributed by atoms with Gasteiger partial charge in [-0.25, -0.2) is 4.98 Å². The van der Waals surface area contributed by atoms with Gasteiger partial charge in [-0.15, -0.1) is 0 Å². The van der Waals surface area contributed by atoms with E-state index in [1.54, 1.807) is 6.20 Å². The molecule has 116 valence electrons. The van der Waals surface area contributed by atoms with E-state index in [0.717, 1.165) is 22.6 Å². The molecule has 0 aliphatic rings. The average Bonchev–Trinajstić information content (AvgIpc) is 3.13. The second kappa shape index (κ2) is 6.05. The molecule has 2 N–H and O–H groups in total. The van der Waals surface area contributed by atoms with Gasteiger partial charge in [-0.05, 0) is 35.4 Å². The Hall–Kier alpha value is -3.33. The quantitative estimate of drug-likeness (QED) is 0.525. The molecule has 1 heterocycles. The van der Waals surface area contributed by atoms with Crippen LogP contribution in [0.2, 0.25) is 0 Å². The van der Waals surface area contributed by atoms with Crippen LogP contribution in [0.25, 0.3) is 33.9 Å². The van der Waals surface area contributed by atoms with Crippen LogP contribution in [0, 0.1) is 0 Å². The zero-order chi connectivity index (χ0) is 16.4. The Morgan fingerprint density at radius 3 is 1.92 bits per heavy atom. The van der Waals surface area contributed by atoms with Gasteiger partial charge in [0.2, 0.25) is 5.89 Å². The molecular weight excluding hydrogens is 296 g/mol. The van der Waals surface area contributed by atoms with Crippen LogP contribution in [0.4, 0.5) is 5.69 Å². The summed E-state index contributed by atoms with van der Waals surface area (Å²) in [7, 11) is 0. The van der Waals surface area contributed by atoms with E-state index in [9.17, 15) is 0 Å². The molecule has 0 unspecified atom stereocenters. The predicted octanol–water partition coefficient (Wildman–Crippen LogP) is 5.26. The fourth-order valence-electron chi connectivity index (χ4n) is 2.62. The number of aromatic nitrogens is 1. The van der Waals surface area contributed by atoms with Crippen LogP contribution in [0.1, 0.15) is 0 Å². The molecule has 0 aliphatic heterocycles. The van der Waals surface area contributed by atoms with Gasteiger partial charge in [-0.1, -0.05) is 54.6 Å². The highest BCUT2D eigenvalue weighted by atomic mass is 16.4. The highest BCUT2D eigenvalue weighted by Gasteiger charge is 2.08. The van der Waals surface area contributed by atoms with Gasteiger partial charge in [0, 0.05) is 16.8 Å². The van der Waals surface area contributed by atoms with Crippen molar-refractivity contribution in [3.63, 3.8) is 0 Å². The van der Waals surface area contributed by atoms with E-state index in [4.69, 9.17) is 10.2 Å². The van der Waals surface area contributed by atoms with Crippen molar-refractivity contribution in [2.75, 3.05) is 5.73 Å². The summed E-state index contributed by atoms with van der Waals surface area (Å²) >= 11 is 0. The molecule has 4 rings (SSSR count). The SMILES string of the molecule is Nc1ccc(-c2ncc(-c3ccc(-c4ccccc4)cc3)o2)cc1. The molecular formula is C21H16N2O. The van der Waals surface area contributed by atoms with Crippen LogP contribution in [0.15, 0.2) is 89.5 Å². The Morgan fingerprint density at radius 1 is 0.625 bits per heavy atom. The first kappa shape index (κ1) is 14.3. The molecule has 24 heavy (non-hydrogen) atoms. The van der Waals surface area contributed by atoms with Crippen molar-refractivity contribution < 1.29 is 4.42 Å². The molecule has 0 saturated heterocycles. The number of oxazole rings is 1. The topological polar surface area (TPSA) is 52.0 Å². The van der Waals surface area contributed by atoms with Gasteiger partial charge < -0.3 is 10.2 Å². The molecule has 0 saturated carbocycles. The second-order valence-electron chi connectivity index (χ2n) is 5.60. The maximum absolute atomic E-state index is 5.89. The molecule has 0 amide bonds. The van der Waals surface area contributed by atoms with E-state index in [2.05, 4.69) is 41.4 Å².